The fourth-order valence-corrected chi connectivity index (χ4v) is 3.04. The number of rotatable bonds is 3. The number of nitrogens with zero attached hydrogens (tertiary/aromatic N) is 2. The van der Waals surface area contributed by atoms with Gasteiger partial charge in [-0.05, 0) is 25.1 Å². The molecule has 4 rings (SSSR count). The highest BCUT2D eigenvalue weighted by Gasteiger charge is 2.25. The Bertz CT molecular complexity index is 1170. The highest BCUT2D eigenvalue weighted by atomic mass is 16.5. The quantitative estimate of drug-likeness (QED) is 0.487. The van der Waals surface area contributed by atoms with Crippen LogP contribution < -0.4 is 16.0 Å². The topological polar surface area (TPSA) is 125 Å². The molecule has 30 heavy (non-hydrogen) atoms. The molecule has 0 saturated heterocycles. The second-order valence-corrected chi connectivity index (χ2v) is 8.08. The molecule has 1 aliphatic rings. The van der Waals surface area contributed by atoms with Crippen LogP contribution in [-0.4, -0.2) is 27.1 Å². The molecule has 0 fully saturated rings. The molecule has 1 aromatic carbocycles. The number of urea groups is 1. The van der Waals surface area contributed by atoms with Gasteiger partial charge in [-0.15, -0.1) is 0 Å². The molecule has 0 aliphatic carbocycles. The average molecular weight is 406 g/mol. The van der Waals surface area contributed by atoms with Gasteiger partial charge in [-0.3, -0.25) is 10.1 Å². The van der Waals surface area contributed by atoms with Crippen LogP contribution in [0.15, 0.2) is 35.1 Å². The van der Waals surface area contributed by atoms with Gasteiger partial charge >= 0.3 is 6.03 Å². The average Bonchev–Trinajstić information content (AvgIpc) is 3.35. The van der Waals surface area contributed by atoms with Crippen molar-refractivity contribution in [3.63, 3.8) is 0 Å². The summed E-state index contributed by atoms with van der Waals surface area (Å²) in [5, 5.41) is 12.1. The number of hydrogen-bond donors (Lipinski definition) is 4. The smallest absolute Gasteiger partial charge is 0.326 e. The summed E-state index contributed by atoms with van der Waals surface area (Å²) >= 11 is 0. The van der Waals surface area contributed by atoms with Crippen molar-refractivity contribution in [2.45, 2.75) is 33.1 Å². The van der Waals surface area contributed by atoms with Gasteiger partial charge in [0.2, 0.25) is 5.88 Å². The summed E-state index contributed by atoms with van der Waals surface area (Å²) in [5.41, 5.74) is 4.58. The van der Waals surface area contributed by atoms with Gasteiger partial charge in [0.05, 0.1) is 34.7 Å². The lowest BCUT2D eigenvalue weighted by atomic mass is 9.92. The Balaban J connectivity index is 1.49. The third-order valence-electron chi connectivity index (χ3n) is 4.73. The van der Waals surface area contributed by atoms with Crippen LogP contribution in [0.25, 0.3) is 11.6 Å². The Morgan fingerprint density at radius 1 is 1.20 bits per heavy atom. The molecule has 0 saturated carbocycles. The van der Waals surface area contributed by atoms with Crippen LogP contribution in [0.2, 0.25) is 0 Å². The van der Waals surface area contributed by atoms with E-state index in [1.165, 1.54) is 0 Å². The zero-order chi connectivity index (χ0) is 21.5. The number of hydrogen-bond acceptors (Lipinski definition) is 5. The summed E-state index contributed by atoms with van der Waals surface area (Å²) in [7, 11) is 0. The minimum absolute atomic E-state index is 0.182. The lowest BCUT2D eigenvalue weighted by Crippen LogP contribution is -2.19. The summed E-state index contributed by atoms with van der Waals surface area (Å²) < 4.78 is 5.17. The molecule has 2 aromatic heterocycles. The monoisotopic (exact) mass is 406 g/mol. The lowest BCUT2D eigenvalue weighted by molar-refractivity contribution is -0.110. The number of amides is 3. The maximum atomic E-state index is 12.4. The van der Waals surface area contributed by atoms with E-state index < -0.39 is 6.03 Å². The van der Waals surface area contributed by atoms with E-state index in [1.54, 1.807) is 36.7 Å². The number of carbonyl (C=O) groups excluding carboxylic acids is 2. The van der Waals surface area contributed by atoms with E-state index in [4.69, 9.17) is 4.52 Å². The zero-order valence-corrected chi connectivity index (χ0v) is 17.1. The highest BCUT2D eigenvalue weighted by molar-refractivity contribution is 6.35. The summed E-state index contributed by atoms with van der Waals surface area (Å²) in [4.78, 5) is 31.8. The van der Waals surface area contributed by atoms with Gasteiger partial charge in [-0.25, -0.2) is 9.78 Å². The number of aromatic amines is 1. The van der Waals surface area contributed by atoms with Crippen molar-refractivity contribution in [3.05, 3.63) is 53.2 Å². The largest absolute Gasteiger partial charge is 0.345 e. The molecule has 3 amide bonds. The molecule has 9 heteroatoms. The Hall–Kier alpha value is -3.88. The van der Waals surface area contributed by atoms with E-state index in [9.17, 15) is 9.59 Å². The van der Waals surface area contributed by atoms with Crippen molar-refractivity contribution in [3.8, 4) is 0 Å². The Morgan fingerprint density at radius 3 is 2.67 bits per heavy atom. The second kappa shape index (κ2) is 7.18. The standard InChI is InChI=1S/C21H22N6O3/c1-11-15(23-10-22-11)8-14-13-6-5-12(7-16(13)25-19(14)28)24-20(29)26-18-9-17(27-30-18)21(2,3)4/h5-10H,1-4H3,(H,22,23)(H,25,28)(H2,24,26,29)/b14-8-. The van der Waals surface area contributed by atoms with Gasteiger partial charge in [0.25, 0.3) is 5.91 Å². The SMILES string of the molecule is Cc1nc[nH]c1/C=C1\C(=O)Nc2cc(NC(=O)Nc3cc(C(C)(C)C)no3)ccc21. The molecule has 0 bridgehead atoms. The number of carbonyl (C=O) groups is 2. The van der Waals surface area contributed by atoms with Crippen molar-refractivity contribution in [2.75, 3.05) is 16.0 Å². The number of aromatic nitrogens is 3. The third kappa shape index (κ3) is 3.82. The molecule has 0 spiro atoms. The van der Waals surface area contributed by atoms with Gasteiger partial charge in [-0.1, -0.05) is 32.0 Å². The molecule has 0 radical (unpaired) electrons. The maximum absolute atomic E-state index is 12.4. The number of H-pyrrole nitrogens is 1. The van der Waals surface area contributed by atoms with Gasteiger partial charge in [-0.2, -0.15) is 0 Å². The predicted molar refractivity (Wildman–Crippen MR) is 114 cm³/mol. The number of anilines is 3. The third-order valence-corrected chi connectivity index (χ3v) is 4.73. The highest BCUT2D eigenvalue weighted by Crippen LogP contribution is 2.35. The van der Waals surface area contributed by atoms with Crippen LogP contribution in [0.1, 0.15) is 43.4 Å². The van der Waals surface area contributed by atoms with Crippen molar-refractivity contribution in [2.24, 2.45) is 0 Å². The van der Waals surface area contributed by atoms with Gasteiger partial charge in [0.15, 0.2) is 0 Å². The van der Waals surface area contributed by atoms with Crippen molar-refractivity contribution < 1.29 is 14.1 Å². The molecule has 154 valence electrons. The first-order valence-corrected chi connectivity index (χ1v) is 9.43. The van der Waals surface area contributed by atoms with Gasteiger partial charge in [0.1, 0.15) is 0 Å². The minimum atomic E-state index is -0.472. The molecule has 0 unspecified atom stereocenters. The normalized spacial score (nSPS) is 14.5. The number of benzene rings is 1. The van der Waals surface area contributed by atoms with E-state index in [-0.39, 0.29) is 17.2 Å². The predicted octanol–water partition coefficient (Wildman–Crippen LogP) is 4.14. The van der Waals surface area contributed by atoms with Crippen LogP contribution in [0.4, 0.5) is 22.1 Å². The van der Waals surface area contributed by atoms with Gasteiger partial charge in [0, 0.05) is 22.7 Å². The zero-order valence-electron chi connectivity index (χ0n) is 17.1. The Kier molecular flexibility index (Phi) is 4.65. The van der Waals surface area contributed by atoms with E-state index in [0.717, 1.165) is 22.6 Å². The minimum Gasteiger partial charge on any atom is -0.345 e. The maximum Gasteiger partial charge on any atom is 0.326 e. The summed E-state index contributed by atoms with van der Waals surface area (Å²) in [6.07, 6.45) is 3.35. The summed E-state index contributed by atoms with van der Waals surface area (Å²) in [5.74, 6) is 0.0454. The van der Waals surface area contributed by atoms with Crippen LogP contribution in [0, 0.1) is 6.92 Å². The van der Waals surface area contributed by atoms with Crippen LogP contribution in [-0.2, 0) is 10.2 Å². The first-order chi connectivity index (χ1) is 14.2. The molecule has 9 nitrogen and oxygen atoms in total. The van der Waals surface area contributed by atoms with Crippen molar-refractivity contribution in [1.29, 1.82) is 0 Å². The van der Waals surface area contributed by atoms with E-state index in [2.05, 4.69) is 31.1 Å². The van der Waals surface area contributed by atoms with Crippen LogP contribution in [0.5, 0.6) is 0 Å². The Labute approximate surface area is 173 Å². The molecular formula is C21H22N6O3. The van der Waals surface area contributed by atoms with Crippen LogP contribution >= 0.6 is 0 Å². The molecule has 3 heterocycles. The molecular weight excluding hydrogens is 384 g/mol. The lowest BCUT2D eigenvalue weighted by Gasteiger charge is -2.12. The molecule has 3 aromatic rings. The Morgan fingerprint density at radius 2 is 2.00 bits per heavy atom. The molecule has 4 N–H and O–H groups in total. The summed E-state index contributed by atoms with van der Waals surface area (Å²) in [6, 6.07) is 6.44. The van der Waals surface area contributed by atoms with Gasteiger partial charge < -0.3 is 20.1 Å². The first kappa shape index (κ1) is 19.4. The fraction of sp³-hybridized carbons (Fsp3) is 0.238. The van der Waals surface area contributed by atoms with E-state index >= 15 is 0 Å². The fourth-order valence-electron chi connectivity index (χ4n) is 3.04. The number of nitrogens with one attached hydrogen (secondary N) is 4. The number of imidazole rings is 1. The van der Waals surface area contributed by atoms with E-state index in [1.807, 2.05) is 27.7 Å². The molecule has 1 aliphatic heterocycles. The number of aryl methyl sites for hydroxylation is 1. The second-order valence-electron chi connectivity index (χ2n) is 8.08. The van der Waals surface area contributed by atoms with Crippen molar-refractivity contribution in [1.82, 2.24) is 15.1 Å². The van der Waals surface area contributed by atoms with Crippen molar-refractivity contribution >= 4 is 40.8 Å². The van der Waals surface area contributed by atoms with E-state index in [0.29, 0.717) is 16.9 Å². The first-order valence-electron chi connectivity index (χ1n) is 9.43. The van der Waals surface area contributed by atoms with Crippen LogP contribution in [0.3, 0.4) is 0 Å². The number of fused-ring (bicyclic) bond motifs is 1. The molecule has 0 atom stereocenters. The summed E-state index contributed by atoms with van der Waals surface area (Å²) in [6.45, 7) is 7.87.